The third-order valence-corrected chi connectivity index (χ3v) is 10.6. The lowest BCUT2D eigenvalue weighted by molar-refractivity contribution is 0.479. The number of hydrogen-bond acceptors (Lipinski definition) is 3. The molecule has 7 aromatic carbocycles. The Morgan fingerprint density at radius 2 is 0.946 bits per heavy atom. The molecule has 3 heterocycles. The van der Waals surface area contributed by atoms with Gasteiger partial charge in [-0.1, -0.05) is 146 Å². The molecule has 0 saturated heterocycles. The van der Waals surface area contributed by atoms with E-state index in [1.165, 1.54) is 21.8 Å². The zero-order chi connectivity index (χ0) is 37.4. The van der Waals surface area contributed by atoms with Gasteiger partial charge in [-0.3, -0.25) is 4.98 Å². The fourth-order valence-corrected chi connectivity index (χ4v) is 7.91. The van der Waals surface area contributed by atoms with E-state index in [0.717, 1.165) is 61.6 Å². The second-order valence-corrected chi connectivity index (χ2v) is 14.0. The van der Waals surface area contributed by atoms with Crippen molar-refractivity contribution in [2.75, 3.05) is 0 Å². The molecule has 0 saturated carbocycles. The molecule has 0 fully saturated rings. The van der Waals surface area contributed by atoms with E-state index in [0.29, 0.717) is 11.3 Å². The molecule has 264 valence electrons. The van der Waals surface area contributed by atoms with Crippen LogP contribution in [0.4, 0.5) is 0 Å². The predicted molar refractivity (Wildman–Crippen MR) is 231 cm³/mol. The van der Waals surface area contributed by atoms with Crippen LogP contribution in [-0.2, 0) is 0 Å². The van der Waals surface area contributed by atoms with Crippen molar-refractivity contribution in [3.05, 3.63) is 206 Å². The minimum absolute atomic E-state index is 0.207. The van der Waals surface area contributed by atoms with Crippen LogP contribution in [-0.4, -0.2) is 19.6 Å². The summed E-state index contributed by atoms with van der Waals surface area (Å²) in [4.78, 5) is 10.1. The van der Waals surface area contributed by atoms with Gasteiger partial charge in [-0.2, -0.15) is 0 Å². The summed E-state index contributed by atoms with van der Waals surface area (Å²) in [7, 11) is 0. The minimum Gasteiger partial charge on any atom is -0.507 e. The molecule has 4 heteroatoms. The van der Waals surface area contributed by atoms with Crippen molar-refractivity contribution in [1.29, 1.82) is 0 Å². The van der Waals surface area contributed by atoms with Gasteiger partial charge in [0.05, 0.1) is 28.1 Å². The first-order valence-electron chi connectivity index (χ1n) is 18.8. The number of fused-ring (bicyclic) bond motifs is 3. The molecule has 0 aliphatic heterocycles. The Balaban J connectivity index is 1.10. The van der Waals surface area contributed by atoms with Gasteiger partial charge in [0.1, 0.15) is 5.75 Å². The number of phenolic OH excluding ortho intramolecular Hbond substituents is 1. The van der Waals surface area contributed by atoms with E-state index in [9.17, 15) is 5.11 Å². The monoisotopic (exact) mass is 717 g/mol. The maximum Gasteiger partial charge on any atom is 0.132 e. The number of nitrogens with zero attached hydrogens (tertiary/aromatic N) is 3. The van der Waals surface area contributed by atoms with Gasteiger partial charge in [0.2, 0.25) is 0 Å². The Kier molecular flexibility index (Phi) is 8.27. The Morgan fingerprint density at radius 1 is 0.375 bits per heavy atom. The van der Waals surface area contributed by atoms with Gasteiger partial charge in [0.25, 0.3) is 0 Å². The highest BCUT2D eigenvalue weighted by molar-refractivity contribution is 6.13. The number of rotatable bonds is 7. The van der Waals surface area contributed by atoms with Crippen LogP contribution in [0.1, 0.15) is 0 Å². The number of pyridine rings is 2. The number of benzene rings is 7. The maximum absolute atomic E-state index is 11.7. The van der Waals surface area contributed by atoms with E-state index in [4.69, 9.17) is 9.97 Å². The highest BCUT2D eigenvalue weighted by Gasteiger charge is 2.18. The van der Waals surface area contributed by atoms with Crippen LogP contribution >= 0.6 is 0 Å². The molecule has 0 atom stereocenters. The summed E-state index contributed by atoms with van der Waals surface area (Å²) in [6.07, 6.45) is 1.90. The SMILES string of the molecule is Oc1c(-c2ccccc2)cccc1-c1cc(-c2ccccc2)cc(-c2cccc(-c3cc(-c4cccc5c6ccccc6n(-c6ccccc6)c45)ccn3)c2)n1. The molecule has 0 aliphatic carbocycles. The molecule has 0 aliphatic rings. The van der Waals surface area contributed by atoms with Crippen LogP contribution < -0.4 is 0 Å². The van der Waals surface area contributed by atoms with Crippen molar-refractivity contribution in [3.63, 3.8) is 0 Å². The summed E-state index contributed by atoms with van der Waals surface area (Å²) >= 11 is 0. The van der Waals surface area contributed by atoms with Crippen molar-refractivity contribution < 1.29 is 5.11 Å². The first-order valence-corrected chi connectivity index (χ1v) is 18.8. The molecule has 0 unspecified atom stereocenters. The summed E-state index contributed by atoms with van der Waals surface area (Å²) in [5.74, 6) is 0.207. The van der Waals surface area contributed by atoms with Crippen LogP contribution in [0.3, 0.4) is 0 Å². The Labute approximate surface area is 325 Å². The Bertz CT molecular complexity index is 3030. The van der Waals surface area contributed by atoms with Crippen molar-refractivity contribution in [1.82, 2.24) is 14.5 Å². The number of hydrogen-bond donors (Lipinski definition) is 1. The normalized spacial score (nSPS) is 11.3. The highest BCUT2D eigenvalue weighted by Crippen LogP contribution is 2.41. The lowest BCUT2D eigenvalue weighted by Crippen LogP contribution is -1.95. The average Bonchev–Trinajstić information content (AvgIpc) is 3.62. The first-order chi connectivity index (χ1) is 27.7. The molecule has 4 nitrogen and oxygen atoms in total. The van der Waals surface area contributed by atoms with E-state index in [1.54, 1.807) is 0 Å². The van der Waals surface area contributed by atoms with Gasteiger partial charge in [-0.15, -0.1) is 0 Å². The van der Waals surface area contributed by atoms with Crippen molar-refractivity contribution >= 4 is 21.8 Å². The second-order valence-electron chi connectivity index (χ2n) is 14.0. The lowest BCUT2D eigenvalue weighted by atomic mass is 9.96. The highest BCUT2D eigenvalue weighted by atomic mass is 16.3. The van der Waals surface area contributed by atoms with Crippen LogP contribution in [0.2, 0.25) is 0 Å². The summed E-state index contributed by atoms with van der Waals surface area (Å²) < 4.78 is 2.37. The third kappa shape index (κ3) is 5.90. The Hall–Kier alpha value is -7.56. The molecule has 10 rings (SSSR count). The predicted octanol–water partition coefficient (Wildman–Crippen LogP) is 13.3. The molecule has 3 aromatic heterocycles. The van der Waals surface area contributed by atoms with Gasteiger partial charge < -0.3 is 9.67 Å². The zero-order valence-electron chi connectivity index (χ0n) is 30.4. The van der Waals surface area contributed by atoms with E-state index in [-0.39, 0.29) is 5.75 Å². The van der Waals surface area contributed by atoms with Gasteiger partial charge in [0.15, 0.2) is 0 Å². The average molecular weight is 718 g/mol. The fraction of sp³-hybridized carbons (Fsp3) is 0. The number of aromatic hydroxyl groups is 1. The van der Waals surface area contributed by atoms with Gasteiger partial charge in [0, 0.05) is 50.5 Å². The van der Waals surface area contributed by atoms with E-state index in [1.807, 2.05) is 72.9 Å². The molecule has 0 spiro atoms. The van der Waals surface area contributed by atoms with E-state index < -0.39 is 0 Å². The molecule has 56 heavy (non-hydrogen) atoms. The molecular weight excluding hydrogens is 683 g/mol. The van der Waals surface area contributed by atoms with E-state index in [2.05, 4.69) is 138 Å². The van der Waals surface area contributed by atoms with Gasteiger partial charge >= 0.3 is 0 Å². The Morgan fingerprint density at radius 3 is 1.75 bits per heavy atom. The molecule has 0 bridgehead atoms. The largest absolute Gasteiger partial charge is 0.507 e. The van der Waals surface area contributed by atoms with E-state index >= 15 is 0 Å². The zero-order valence-corrected chi connectivity index (χ0v) is 30.4. The van der Waals surface area contributed by atoms with Crippen LogP contribution in [0.25, 0.3) is 94.6 Å². The van der Waals surface area contributed by atoms with Crippen LogP contribution in [0, 0.1) is 0 Å². The number of aromatic nitrogens is 3. The summed E-state index contributed by atoms with van der Waals surface area (Å²) in [6.45, 7) is 0. The summed E-state index contributed by atoms with van der Waals surface area (Å²) in [5.41, 5.74) is 14.5. The fourth-order valence-electron chi connectivity index (χ4n) is 7.91. The van der Waals surface area contributed by atoms with Crippen molar-refractivity contribution in [3.8, 4) is 78.6 Å². The minimum atomic E-state index is 0.207. The quantitative estimate of drug-likeness (QED) is 0.179. The molecular formula is C52H35N3O. The molecule has 10 aromatic rings. The van der Waals surface area contributed by atoms with Gasteiger partial charge in [-0.25, -0.2) is 4.98 Å². The lowest BCUT2D eigenvalue weighted by Gasteiger charge is -2.14. The standard InChI is InChI=1S/C52H35N3O/c56-52-43(36-17-6-2-7-18-36)25-14-27-46(52)49-34-40(35-15-4-1-5-16-35)33-48(54-49)39-20-12-19-38(31-39)47-32-37(29-30-53-47)42-24-13-26-45-44-23-10-11-28-50(44)55(51(42)45)41-21-8-3-9-22-41/h1-34,56H. The number of phenols is 1. The molecule has 1 N–H and O–H groups in total. The topological polar surface area (TPSA) is 50.9 Å². The van der Waals surface area contributed by atoms with Crippen molar-refractivity contribution in [2.45, 2.75) is 0 Å². The second kappa shape index (κ2) is 14.0. The molecule has 0 amide bonds. The summed E-state index contributed by atoms with van der Waals surface area (Å²) in [6, 6.07) is 68.8. The van der Waals surface area contributed by atoms with Crippen LogP contribution in [0.5, 0.6) is 5.75 Å². The first kappa shape index (κ1) is 33.0. The maximum atomic E-state index is 11.7. The smallest absolute Gasteiger partial charge is 0.132 e. The number of para-hydroxylation sites is 4. The third-order valence-electron chi connectivity index (χ3n) is 10.6. The summed E-state index contributed by atoms with van der Waals surface area (Å²) in [5, 5.41) is 14.1. The van der Waals surface area contributed by atoms with Gasteiger partial charge in [-0.05, 0) is 76.9 Å². The van der Waals surface area contributed by atoms with Crippen LogP contribution in [0.15, 0.2) is 206 Å². The van der Waals surface area contributed by atoms with Crippen molar-refractivity contribution in [2.24, 2.45) is 0 Å². The molecule has 0 radical (unpaired) electrons.